The minimum absolute atomic E-state index is 0.170. The van der Waals surface area contributed by atoms with Crippen LogP contribution < -0.4 is 10.1 Å². The van der Waals surface area contributed by atoms with Crippen molar-refractivity contribution in [3.8, 4) is 5.75 Å². The quantitative estimate of drug-likeness (QED) is 0.864. The van der Waals surface area contributed by atoms with E-state index in [4.69, 9.17) is 4.74 Å². The Hall–Kier alpha value is -2.03. The van der Waals surface area contributed by atoms with Gasteiger partial charge in [-0.1, -0.05) is 6.07 Å². The Balaban J connectivity index is 1.98. The molecule has 0 unspecified atom stereocenters. The van der Waals surface area contributed by atoms with Crippen molar-refractivity contribution in [2.75, 3.05) is 5.32 Å². The molecule has 0 aliphatic rings. The molecule has 0 saturated carbocycles. The van der Waals surface area contributed by atoms with Gasteiger partial charge < -0.3 is 10.1 Å². The van der Waals surface area contributed by atoms with Gasteiger partial charge in [-0.2, -0.15) is 0 Å². The van der Waals surface area contributed by atoms with E-state index in [2.05, 4.69) is 5.32 Å². The normalized spacial score (nSPS) is 10.7. The fourth-order valence-electron chi connectivity index (χ4n) is 1.95. The van der Waals surface area contributed by atoms with Gasteiger partial charge in [0.05, 0.1) is 6.10 Å². The molecule has 2 rings (SSSR count). The van der Waals surface area contributed by atoms with Crippen LogP contribution in [0.1, 0.15) is 25.0 Å². The summed E-state index contributed by atoms with van der Waals surface area (Å²) in [5.74, 6) is 0.653. The van der Waals surface area contributed by atoms with Gasteiger partial charge in [-0.15, -0.1) is 0 Å². The summed E-state index contributed by atoms with van der Waals surface area (Å²) in [6.45, 7) is 6.59. The Kier molecular flexibility index (Phi) is 4.61. The van der Waals surface area contributed by atoms with Gasteiger partial charge in [0.25, 0.3) is 0 Å². The number of anilines is 1. The maximum Gasteiger partial charge on any atom is 0.123 e. The number of ether oxygens (including phenoxy) is 1. The van der Waals surface area contributed by atoms with E-state index in [1.54, 1.807) is 12.1 Å². The highest BCUT2D eigenvalue weighted by Gasteiger charge is 2.01. The SMILES string of the molecule is Cc1ccc(F)cc1CNc1ccc(OC(C)C)cc1. The van der Waals surface area contributed by atoms with Crippen LogP contribution in [0, 0.1) is 12.7 Å². The van der Waals surface area contributed by atoms with Gasteiger partial charge in [0.2, 0.25) is 0 Å². The van der Waals surface area contributed by atoms with Crippen LogP contribution >= 0.6 is 0 Å². The molecule has 2 aromatic rings. The van der Waals surface area contributed by atoms with Gasteiger partial charge in [-0.25, -0.2) is 4.39 Å². The molecule has 0 radical (unpaired) electrons. The Morgan fingerprint density at radius 1 is 1.10 bits per heavy atom. The summed E-state index contributed by atoms with van der Waals surface area (Å²) < 4.78 is 18.8. The molecule has 2 nitrogen and oxygen atoms in total. The maximum absolute atomic E-state index is 13.2. The molecule has 0 heterocycles. The third-order valence-corrected chi connectivity index (χ3v) is 3.02. The van der Waals surface area contributed by atoms with Gasteiger partial charge in [0, 0.05) is 12.2 Å². The van der Waals surface area contributed by atoms with E-state index in [1.165, 1.54) is 6.07 Å². The van der Waals surface area contributed by atoms with Gasteiger partial charge in [-0.3, -0.25) is 0 Å². The standard InChI is InChI=1S/C17H20FNO/c1-12(2)20-17-8-6-16(7-9-17)19-11-14-10-15(18)5-4-13(14)3/h4-10,12,19H,11H2,1-3H3. The number of nitrogens with one attached hydrogen (secondary N) is 1. The van der Waals surface area contributed by atoms with Crippen LogP contribution in [0.2, 0.25) is 0 Å². The third-order valence-electron chi connectivity index (χ3n) is 3.02. The van der Waals surface area contributed by atoms with E-state index in [0.717, 1.165) is 22.6 Å². The number of rotatable bonds is 5. The summed E-state index contributed by atoms with van der Waals surface area (Å²) >= 11 is 0. The molecule has 0 atom stereocenters. The molecule has 0 amide bonds. The second-order valence-corrected chi connectivity index (χ2v) is 5.12. The van der Waals surface area contributed by atoms with E-state index in [9.17, 15) is 4.39 Å². The molecule has 3 heteroatoms. The molecule has 0 saturated heterocycles. The molecular formula is C17H20FNO. The van der Waals surface area contributed by atoms with E-state index in [-0.39, 0.29) is 11.9 Å². The van der Waals surface area contributed by atoms with Gasteiger partial charge in [-0.05, 0) is 68.3 Å². The molecule has 0 aliphatic heterocycles. The smallest absolute Gasteiger partial charge is 0.123 e. The first kappa shape index (κ1) is 14.4. The lowest BCUT2D eigenvalue weighted by Crippen LogP contribution is -2.05. The van der Waals surface area contributed by atoms with Gasteiger partial charge in [0.15, 0.2) is 0 Å². The van der Waals surface area contributed by atoms with E-state index in [0.29, 0.717) is 6.54 Å². The highest BCUT2D eigenvalue weighted by molar-refractivity contribution is 5.47. The predicted molar refractivity (Wildman–Crippen MR) is 80.7 cm³/mol. The first-order valence-corrected chi connectivity index (χ1v) is 6.80. The molecule has 0 aliphatic carbocycles. The maximum atomic E-state index is 13.2. The van der Waals surface area contributed by atoms with Crippen LogP contribution in [0.5, 0.6) is 5.75 Å². The van der Waals surface area contributed by atoms with Crippen LogP contribution in [0.4, 0.5) is 10.1 Å². The first-order chi connectivity index (χ1) is 9.54. The van der Waals surface area contributed by atoms with Gasteiger partial charge in [0.1, 0.15) is 11.6 Å². The molecule has 1 N–H and O–H groups in total. The number of hydrogen-bond donors (Lipinski definition) is 1. The van der Waals surface area contributed by atoms with Crippen molar-refractivity contribution in [2.45, 2.75) is 33.4 Å². The average molecular weight is 273 g/mol. The molecule has 0 aromatic heterocycles. The Morgan fingerprint density at radius 3 is 2.45 bits per heavy atom. The second kappa shape index (κ2) is 6.42. The largest absolute Gasteiger partial charge is 0.491 e. The van der Waals surface area contributed by atoms with Crippen molar-refractivity contribution < 1.29 is 9.13 Å². The summed E-state index contributed by atoms with van der Waals surface area (Å²) in [6.07, 6.45) is 0.170. The Morgan fingerprint density at radius 2 is 1.80 bits per heavy atom. The van der Waals surface area contributed by atoms with Crippen LogP contribution in [0.15, 0.2) is 42.5 Å². The molecular weight excluding hydrogens is 253 g/mol. The average Bonchev–Trinajstić information content (AvgIpc) is 2.41. The van der Waals surface area contributed by atoms with E-state index >= 15 is 0 Å². The highest BCUT2D eigenvalue weighted by atomic mass is 19.1. The number of benzene rings is 2. The lowest BCUT2D eigenvalue weighted by molar-refractivity contribution is 0.242. The molecule has 0 fully saturated rings. The minimum atomic E-state index is -0.201. The minimum Gasteiger partial charge on any atom is -0.491 e. The van der Waals surface area contributed by atoms with Crippen LogP contribution in [0.25, 0.3) is 0 Å². The predicted octanol–water partition coefficient (Wildman–Crippen LogP) is 4.53. The van der Waals surface area contributed by atoms with Crippen molar-refractivity contribution in [1.82, 2.24) is 0 Å². The zero-order valence-electron chi connectivity index (χ0n) is 12.1. The second-order valence-electron chi connectivity index (χ2n) is 5.12. The summed E-state index contributed by atoms with van der Waals surface area (Å²) in [6, 6.07) is 12.6. The summed E-state index contributed by atoms with van der Waals surface area (Å²) in [5, 5.41) is 3.29. The lowest BCUT2D eigenvalue weighted by Gasteiger charge is -2.12. The lowest BCUT2D eigenvalue weighted by atomic mass is 10.1. The van der Waals surface area contributed by atoms with Crippen molar-refractivity contribution in [3.63, 3.8) is 0 Å². The van der Waals surface area contributed by atoms with Crippen LogP contribution in [0.3, 0.4) is 0 Å². The topological polar surface area (TPSA) is 21.3 Å². The molecule has 0 spiro atoms. The molecule has 2 aromatic carbocycles. The number of hydrogen-bond acceptors (Lipinski definition) is 2. The van der Waals surface area contributed by atoms with Gasteiger partial charge >= 0.3 is 0 Å². The number of aryl methyl sites for hydroxylation is 1. The highest BCUT2D eigenvalue weighted by Crippen LogP contribution is 2.18. The van der Waals surface area contributed by atoms with Crippen molar-refractivity contribution in [2.24, 2.45) is 0 Å². The summed E-state index contributed by atoms with van der Waals surface area (Å²) in [7, 11) is 0. The van der Waals surface area contributed by atoms with Crippen LogP contribution in [-0.2, 0) is 6.54 Å². The molecule has 106 valence electrons. The van der Waals surface area contributed by atoms with Crippen molar-refractivity contribution >= 4 is 5.69 Å². The third kappa shape index (κ3) is 3.98. The van der Waals surface area contributed by atoms with E-state index < -0.39 is 0 Å². The molecule has 20 heavy (non-hydrogen) atoms. The Labute approximate surface area is 119 Å². The zero-order chi connectivity index (χ0) is 14.5. The zero-order valence-corrected chi connectivity index (χ0v) is 12.1. The molecule has 0 bridgehead atoms. The van der Waals surface area contributed by atoms with Crippen molar-refractivity contribution in [1.29, 1.82) is 0 Å². The fourth-order valence-corrected chi connectivity index (χ4v) is 1.95. The monoisotopic (exact) mass is 273 g/mol. The van der Waals surface area contributed by atoms with Crippen LogP contribution in [-0.4, -0.2) is 6.10 Å². The fraction of sp³-hybridized carbons (Fsp3) is 0.294. The summed E-state index contributed by atoms with van der Waals surface area (Å²) in [4.78, 5) is 0. The van der Waals surface area contributed by atoms with E-state index in [1.807, 2.05) is 45.0 Å². The first-order valence-electron chi connectivity index (χ1n) is 6.80. The summed E-state index contributed by atoms with van der Waals surface area (Å²) in [5.41, 5.74) is 3.04. The van der Waals surface area contributed by atoms with Crippen molar-refractivity contribution in [3.05, 3.63) is 59.4 Å². The number of halogens is 1. The Bertz CT molecular complexity index is 564.